The number of carboxylic acid groups (broad SMARTS) is 1. The van der Waals surface area contributed by atoms with Crippen molar-refractivity contribution in [2.24, 2.45) is 0 Å². The molecule has 0 saturated carbocycles. The van der Waals surface area contributed by atoms with Gasteiger partial charge >= 0.3 is 5.97 Å². The van der Waals surface area contributed by atoms with E-state index in [-0.39, 0.29) is 11.3 Å². The largest absolute Gasteiger partial charge is 0.508 e. The zero-order valence-corrected chi connectivity index (χ0v) is 9.48. The van der Waals surface area contributed by atoms with E-state index in [4.69, 9.17) is 16.7 Å². The molecule has 0 aliphatic carbocycles. The zero-order chi connectivity index (χ0) is 12.4. The summed E-state index contributed by atoms with van der Waals surface area (Å²) in [6.07, 6.45) is 0. The third kappa shape index (κ3) is 2.40. The molecule has 0 aliphatic rings. The molecule has 2 aromatic rings. The summed E-state index contributed by atoms with van der Waals surface area (Å²) in [5.41, 5.74) is 1.29. The summed E-state index contributed by atoms with van der Waals surface area (Å²) in [6.45, 7) is 0. The van der Waals surface area contributed by atoms with Gasteiger partial charge in [0.05, 0.1) is 5.56 Å². The Kier molecular flexibility index (Phi) is 3.02. The molecular weight excluding hydrogens is 240 g/mol. The van der Waals surface area contributed by atoms with Gasteiger partial charge in [-0.2, -0.15) is 0 Å². The van der Waals surface area contributed by atoms with Crippen LogP contribution in [0, 0.1) is 0 Å². The normalized spacial score (nSPS) is 10.2. The summed E-state index contributed by atoms with van der Waals surface area (Å²) in [4.78, 5) is 10.9. The van der Waals surface area contributed by atoms with Gasteiger partial charge in [-0.1, -0.05) is 29.8 Å². The molecule has 4 heteroatoms. The third-order valence-corrected chi connectivity index (χ3v) is 2.68. The minimum atomic E-state index is -1.09. The van der Waals surface area contributed by atoms with Gasteiger partial charge in [0.1, 0.15) is 5.75 Å². The fourth-order valence-electron chi connectivity index (χ4n) is 1.59. The van der Waals surface area contributed by atoms with Crippen LogP contribution in [0.5, 0.6) is 5.75 Å². The molecule has 0 spiro atoms. The Bertz CT molecular complexity index is 579. The highest BCUT2D eigenvalue weighted by Gasteiger charge is 2.09. The average molecular weight is 249 g/mol. The number of phenols is 1. The Labute approximate surface area is 103 Å². The van der Waals surface area contributed by atoms with Crippen molar-refractivity contribution < 1.29 is 15.0 Å². The van der Waals surface area contributed by atoms with Crippen LogP contribution >= 0.6 is 11.6 Å². The van der Waals surface area contributed by atoms with E-state index in [1.54, 1.807) is 24.3 Å². The molecule has 17 heavy (non-hydrogen) atoms. The van der Waals surface area contributed by atoms with E-state index in [0.29, 0.717) is 16.1 Å². The average Bonchev–Trinajstić information content (AvgIpc) is 2.28. The predicted octanol–water partition coefficient (Wildman–Crippen LogP) is 3.41. The SMILES string of the molecule is O=C(O)c1cc(O)cc(-c2ccccc2Cl)c1. The summed E-state index contributed by atoms with van der Waals surface area (Å²) in [7, 11) is 0. The molecule has 0 unspecified atom stereocenters. The molecule has 2 rings (SSSR count). The fourth-order valence-corrected chi connectivity index (χ4v) is 1.83. The number of halogens is 1. The van der Waals surface area contributed by atoms with Crippen LogP contribution in [0.1, 0.15) is 10.4 Å². The maximum atomic E-state index is 10.9. The van der Waals surface area contributed by atoms with Crippen molar-refractivity contribution in [3.8, 4) is 16.9 Å². The molecule has 0 aliphatic heterocycles. The van der Waals surface area contributed by atoms with Gasteiger partial charge in [-0.25, -0.2) is 4.79 Å². The number of benzene rings is 2. The molecule has 0 amide bonds. The van der Waals surface area contributed by atoms with Crippen LogP contribution in [0.25, 0.3) is 11.1 Å². The zero-order valence-electron chi connectivity index (χ0n) is 8.72. The molecule has 0 bridgehead atoms. The highest BCUT2D eigenvalue weighted by Crippen LogP contribution is 2.30. The maximum absolute atomic E-state index is 10.9. The second-order valence-corrected chi connectivity index (χ2v) is 3.96. The van der Waals surface area contributed by atoms with Crippen molar-refractivity contribution in [3.63, 3.8) is 0 Å². The van der Waals surface area contributed by atoms with Crippen molar-refractivity contribution in [1.29, 1.82) is 0 Å². The molecule has 86 valence electrons. The Balaban J connectivity index is 2.60. The van der Waals surface area contributed by atoms with E-state index < -0.39 is 5.97 Å². The lowest BCUT2D eigenvalue weighted by atomic mass is 10.0. The first kappa shape index (κ1) is 11.5. The summed E-state index contributed by atoms with van der Waals surface area (Å²) in [5, 5.41) is 18.9. The molecule has 0 fully saturated rings. The van der Waals surface area contributed by atoms with Crippen molar-refractivity contribution in [3.05, 3.63) is 53.1 Å². The van der Waals surface area contributed by atoms with Gasteiger partial charge in [0.15, 0.2) is 0 Å². The van der Waals surface area contributed by atoms with E-state index in [9.17, 15) is 9.90 Å². The first-order valence-corrected chi connectivity index (χ1v) is 5.28. The Hall–Kier alpha value is -2.00. The molecule has 0 heterocycles. The molecule has 0 saturated heterocycles. The van der Waals surface area contributed by atoms with E-state index in [1.165, 1.54) is 18.2 Å². The van der Waals surface area contributed by atoms with Crippen LogP contribution in [0.15, 0.2) is 42.5 Å². The topological polar surface area (TPSA) is 57.5 Å². The predicted molar refractivity (Wildman–Crippen MR) is 65.5 cm³/mol. The lowest BCUT2D eigenvalue weighted by molar-refractivity contribution is 0.0696. The van der Waals surface area contributed by atoms with Crippen LogP contribution in [0.3, 0.4) is 0 Å². The second-order valence-electron chi connectivity index (χ2n) is 3.55. The van der Waals surface area contributed by atoms with Crippen molar-refractivity contribution in [2.45, 2.75) is 0 Å². The monoisotopic (exact) mass is 248 g/mol. The van der Waals surface area contributed by atoms with Crippen LogP contribution in [-0.2, 0) is 0 Å². The van der Waals surface area contributed by atoms with Crippen molar-refractivity contribution >= 4 is 17.6 Å². The first-order valence-electron chi connectivity index (χ1n) is 4.90. The van der Waals surface area contributed by atoms with Crippen LogP contribution in [0.4, 0.5) is 0 Å². The number of hydrogen-bond acceptors (Lipinski definition) is 2. The van der Waals surface area contributed by atoms with Gasteiger partial charge in [0, 0.05) is 10.6 Å². The van der Waals surface area contributed by atoms with Crippen molar-refractivity contribution in [2.75, 3.05) is 0 Å². The van der Waals surface area contributed by atoms with E-state index >= 15 is 0 Å². The van der Waals surface area contributed by atoms with Gasteiger partial charge in [0.25, 0.3) is 0 Å². The van der Waals surface area contributed by atoms with Crippen LogP contribution in [-0.4, -0.2) is 16.2 Å². The Morgan fingerprint density at radius 2 is 1.82 bits per heavy atom. The summed E-state index contributed by atoms with van der Waals surface area (Å²) in [5.74, 6) is -1.19. The van der Waals surface area contributed by atoms with Gasteiger partial charge in [0.2, 0.25) is 0 Å². The number of phenolic OH excluding ortho intramolecular Hbond substituents is 1. The maximum Gasteiger partial charge on any atom is 0.335 e. The van der Waals surface area contributed by atoms with E-state index in [0.717, 1.165) is 0 Å². The third-order valence-electron chi connectivity index (χ3n) is 2.35. The fraction of sp³-hybridized carbons (Fsp3) is 0. The summed E-state index contributed by atoms with van der Waals surface area (Å²) >= 11 is 6.01. The quantitative estimate of drug-likeness (QED) is 0.856. The summed E-state index contributed by atoms with van der Waals surface area (Å²) in [6, 6.07) is 11.2. The van der Waals surface area contributed by atoms with Gasteiger partial charge in [-0.05, 0) is 29.8 Å². The van der Waals surface area contributed by atoms with Gasteiger partial charge < -0.3 is 10.2 Å². The minimum absolute atomic E-state index is 0.0277. The second kappa shape index (κ2) is 4.47. The van der Waals surface area contributed by atoms with Gasteiger partial charge in [-0.3, -0.25) is 0 Å². The minimum Gasteiger partial charge on any atom is -0.508 e. The van der Waals surface area contributed by atoms with E-state index in [2.05, 4.69) is 0 Å². The molecule has 3 nitrogen and oxygen atoms in total. The molecule has 0 aromatic heterocycles. The number of aromatic carboxylic acids is 1. The molecule has 0 radical (unpaired) electrons. The van der Waals surface area contributed by atoms with E-state index in [1.807, 2.05) is 0 Å². The molecule has 0 atom stereocenters. The highest BCUT2D eigenvalue weighted by molar-refractivity contribution is 6.33. The number of carbonyl (C=O) groups is 1. The molecule has 2 aromatic carbocycles. The number of aromatic hydroxyl groups is 1. The molecule has 2 N–H and O–H groups in total. The lowest BCUT2D eigenvalue weighted by Gasteiger charge is -2.06. The van der Waals surface area contributed by atoms with Crippen LogP contribution < -0.4 is 0 Å². The number of hydrogen-bond donors (Lipinski definition) is 2. The highest BCUT2D eigenvalue weighted by atomic mass is 35.5. The molecular formula is C13H9ClO3. The Morgan fingerprint density at radius 3 is 2.47 bits per heavy atom. The van der Waals surface area contributed by atoms with Crippen molar-refractivity contribution in [1.82, 2.24) is 0 Å². The summed E-state index contributed by atoms with van der Waals surface area (Å²) < 4.78 is 0. The number of carboxylic acids is 1. The first-order chi connectivity index (χ1) is 8.08. The standard InChI is InChI=1S/C13H9ClO3/c14-12-4-2-1-3-11(12)8-5-9(13(16)17)7-10(15)6-8/h1-7,15H,(H,16,17). The lowest BCUT2D eigenvalue weighted by Crippen LogP contribution is -1.96. The smallest absolute Gasteiger partial charge is 0.335 e. The number of rotatable bonds is 2. The Morgan fingerprint density at radius 1 is 1.12 bits per heavy atom. The van der Waals surface area contributed by atoms with Crippen LogP contribution in [0.2, 0.25) is 5.02 Å². The van der Waals surface area contributed by atoms with Gasteiger partial charge in [-0.15, -0.1) is 0 Å².